The number of nitrogens with one attached hydrogen (secondary N) is 1. The molecule has 1 aliphatic heterocycles. The highest BCUT2D eigenvalue weighted by atomic mass is 79.9. The molecule has 1 N–H and O–H groups in total. The molecule has 2 heterocycles. The van der Waals surface area contributed by atoms with Crippen LogP contribution in [0.4, 0.5) is 5.82 Å². The molecule has 0 amide bonds. The van der Waals surface area contributed by atoms with E-state index in [4.69, 9.17) is 0 Å². The Labute approximate surface area is 128 Å². The fourth-order valence-corrected chi connectivity index (χ4v) is 3.53. The molecule has 1 fully saturated rings. The molecule has 3 nitrogen and oxygen atoms in total. The number of nitrogens with zero attached hydrogens (tertiary/aromatic N) is 2. The number of hydrogen-bond donors (Lipinski definition) is 1. The van der Waals surface area contributed by atoms with Crippen molar-refractivity contribution in [1.82, 2.24) is 10.3 Å². The number of benzene rings is 1. The van der Waals surface area contributed by atoms with Crippen LogP contribution in [0.3, 0.4) is 0 Å². The molecule has 4 heteroatoms. The first kappa shape index (κ1) is 13.8. The monoisotopic (exact) mass is 333 g/mol. The Balaban J connectivity index is 1.95. The van der Waals surface area contributed by atoms with Crippen LogP contribution in [0.25, 0.3) is 10.8 Å². The lowest BCUT2D eigenvalue weighted by molar-refractivity contribution is 0.430. The molecule has 0 aliphatic carbocycles. The summed E-state index contributed by atoms with van der Waals surface area (Å²) in [5, 5.41) is 6.04. The molecule has 1 unspecified atom stereocenters. The second kappa shape index (κ2) is 6.10. The highest BCUT2D eigenvalue weighted by Gasteiger charge is 2.21. The van der Waals surface area contributed by atoms with Crippen LogP contribution in [-0.4, -0.2) is 30.7 Å². The molecule has 1 aromatic carbocycles. The minimum absolute atomic E-state index is 0.581. The summed E-state index contributed by atoms with van der Waals surface area (Å²) in [6.45, 7) is 5.35. The molecule has 2 aromatic rings. The third-order valence-corrected chi connectivity index (χ3v) is 4.64. The van der Waals surface area contributed by atoms with Gasteiger partial charge in [-0.3, -0.25) is 0 Å². The van der Waals surface area contributed by atoms with E-state index in [1.165, 1.54) is 23.6 Å². The van der Waals surface area contributed by atoms with Gasteiger partial charge in [-0.25, -0.2) is 4.98 Å². The Morgan fingerprint density at radius 1 is 1.35 bits per heavy atom. The van der Waals surface area contributed by atoms with E-state index >= 15 is 0 Å². The van der Waals surface area contributed by atoms with Crippen LogP contribution in [-0.2, 0) is 0 Å². The van der Waals surface area contributed by atoms with Gasteiger partial charge in [0.15, 0.2) is 0 Å². The van der Waals surface area contributed by atoms with Crippen LogP contribution in [0.1, 0.15) is 19.8 Å². The van der Waals surface area contributed by atoms with E-state index in [0.717, 1.165) is 29.9 Å². The van der Waals surface area contributed by atoms with E-state index in [1.807, 2.05) is 6.20 Å². The lowest BCUT2D eigenvalue weighted by Crippen LogP contribution is -2.46. The van der Waals surface area contributed by atoms with E-state index < -0.39 is 0 Å². The van der Waals surface area contributed by atoms with Crippen LogP contribution >= 0.6 is 15.9 Å². The van der Waals surface area contributed by atoms with Gasteiger partial charge in [-0.05, 0) is 31.5 Å². The number of piperidine rings is 1. The summed E-state index contributed by atoms with van der Waals surface area (Å²) >= 11 is 3.63. The third kappa shape index (κ3) is 2.67. The molecule has 0 saturated carbocycles. The zero-order valence-electron chi connectivity index (χ0n) is 11.8. The predicted octanol–water partition coefficient (Wildman–Crippen LogP) is 3.58. The van der Waals surface area contributed by atoms with Gasteiger partial charge in [-0.1, -0.05) is 35.0 Å². The maximum absolute atomic E-state index is 4.64. The first-order valence-electron chi connectivity index (χ1n) is 7.31. The number of rotatable bonds is 3. The van der Waals surface area contributed by atoms with Crippen molar-refractivity contribution < 1.29 is 0 Å². The third-order valence-electron chi connectivity index (χ3n) is 3.95. The first-order chi connectivity index (χ1) is 9.79. The van der Waals surface area contributed by atoms with Gasteiger partial charge >= 0.3 is 0 Å². The molecule has 106 valence electrons. The molecular formula is C16H20BrN3. The molecule has 3 rings (SSSR count). The number of anilines is 1. The van der Waals surface area contributed by atoms with Gasteiger partial charge in [0.05, 0.1) is 0 Å². The lowest BCUT2D eigenvalue weighted by atomic mass is 10.0. The highest BCUT2D eigenvalue weighted by molar-refractivity contribution is 9.10. The van der Waals surface area contributed by atoms with E-state index in [2.05, 4.69) is 62.3 Å². The topological polar surface area (TPSA) is 28.2 Å². The predicted molar refractivity (Wildman–Crippen MR) is 88.4 cm³/mol. The zero-order chi connectivity index (χ0) is 13.9. The Morgan fingerprint density at radius 2 is 2.25 bits per heavy atom. The highest BCUT2D eigenvalue weighted by Crippen LogP contribution is 2.30. The van der Waals surface area contributed by atoms with Gasteiger partial charge in [-0.2, -0.15) is 0 Å². The van der Waals surface area contributed by atoms with Crippen molar-refractivity contribution >= 4 is 32.5 Å². The van der Waals surface area contributed by atoms with Crippen LogP contribution in [0.2, 0.25) is 0 Å². The summed E-state index contributed by atoms with van der Waals surface area (Å²) in [4.78, 5) is 7.07. The summed E-state index contributed by atoms with van der Waals surface area (Å²) in [5.74, 6) is 1.12. The fraction of sp³-hybridized carbons (Fsp3) is 0.438. The average molecular weight is 334 g/mol. The average Bonchev–Trinajstić information content (AvgIpc) is 2.48. The first-order valence-corrected chi connectivity index (χ1v) is 8.10. The molecule has 20 heavy (non-hydrogen) atoms. The van der Waals surface area contributed by atoms with Gasteiger partial charge in [0, 0.05) is 40.6 Å². The van der Waals surface area contributed by atoms with Crippen LogP contribution in [0.15, 0.2) is 34.9 Å². The van der Waals surface area contributed by atoms with Crippen LogP contribution in [0, 0.1) is 0 Å². The summed E-state index contributed by atoms with van der Waals surface area (Å²) in [7, 11) is 0. The number of fused-ring (bicyclic) bond motifs is 1. The van der Waals surface area contributed by atoms with Crippen molar-refractivity contribution in [2.45, 2.75) is 25.8 Å². The van der Waals surface area contributed by atoms with E-state index in [0.29, 0.717) is 6.04 Å². The lowest BCUT2D eigenvalue weighted by Gasteiger charge is -2.34. The van der Waals surface area contributed by atoms with Gasteiger partial charge in [-0.15, -0.1) is 0 Å². The van der Waals surface area contributed by atoms with Gasteiger partial charge in [0.1, 0.15) is 5.82 Å². The number of halogens is 1. The largest absolute Gasteiger partial charge is 0.355 e. The SMILES string of the molecule is CCNC1CCCN(c2nccc3c(Br)cccc23)C1. The van der Waals surface area contributed by atoms with E-state index in [9.17, 15) is 0 Å². The zero-order valence-corrected chi connectivity index (χ0v) is 13.4. The van der Waals surface area contributed by atoms with Gasteiger partial charge in [0.25, 0.3) is 0 Å². The number of pyridine rings is 1. The van der Waals surface area contributed by atoms with Crippen molar-refractivity contribution in [2.24, 2.45) is 0 Å². The number of aromatic nitrogens is 1. The molecule has 1 saturated heterocycles. The Morgan fingerprint density at radius 3 is 3.10 bits per heavy atom. The van der Waals surface area contributed by atoms with Gasteiger partial charge in [0.2, 0.25) is 0 Å². The Bertz CT molecular complexity index is 597. The quantitative estimate of drug-likeness (QED) is 0.930. The number of likely N-dealkylation sites (N-methyl/N-ethyl adjacent to an activating group) is 1. The molecule has 0 bridgehead atoms. The van der Waals surface area contributed by atoms with Crippen molar-refractivity contribution in [1.29, 1.82) is 0 Å². The molecule has 1 atom stereocenters. The summed E-state index contributed by atoms with van der Waals surface area (Å²) < 4.78 is 1.14. The second-order valence-corrected chi connectivity index (χ2v) is 6.17. The molecule has 0 spiro atoms. The van der Waals surface area contributed by atoms with Crippen LogP contribution < -0.4 is 10.2 Å². The maximum Gasteiger partial charge on any atom is 0.136 e. The van der Waals surface area contributed by atoms with Crippen molar-refractivity contribution in [2.75, 3.05) is 24.5 Å². The van der Waals surface area contributed by atoms with Crippen molar-refractivity contribution in [3.63, 3.8) is 0 Å². The number of hydrogen-bond acceptors (Lipinski definition) is 3. The second-order valence-electron chi connectivity index (χ2n) is 5.31. The van der Waals surface area contributed by atoms with E-state index in [1.54, 1.807) is 0 Å². The molecule has 1 aliphatic rings. The summed E-state index contributed by atoms with van der Waals surface area (Å²) in [6.07, 6.45) is 4.40. The standard InChI is InChI=1S/C16H20BrN3/c1-2-18-12-5-4-10-20(11-12)16-14-6-3-7-15(17)13(14)8-9-19-16/h3,6-9,12,18H,2,4-5,10-11H2,1H3. The van der Waals surface area contributed by atoms with Crippen molar-refractivity contribution in [3.8, 4) is 0 Å². The summed E-state index contributed by atoms with van der Waals surface area (Å²) in [5.41, 5.74) is 0. The smallest absolute Gasteiger partial charge is 0.136 e. The van der Waals surface area contributed by atoms with E-state index in [-0.39, 0.29) is 0 Å². The molecular weight excluding hydrogens is 314 g/mol. The van der Waals surface area contributed by atoms with Gasteiger partial charge < -0.3 is 10.2 Å². The minimum atomic E-state index is 0.581. The normalized spacial score (nSPS) is 19.5. The fourth-order valence-electron chi connectivity index (χ4n) is 3.03. The molecule has 1 aromatic heterocycles. The molecule has 0 radical (unpaired) electrons. The minimum Gasteiger partial charge on any atom is -0.355 e. The van der Waals surface area contributed by atoms with Crippen molar-refractivity contribution in [3.05, 3.63) is 34.9 Å². The Hall–Kier alpha value is -1.13. The van der Waals surface area contributed by atoms with Crippen LogP contribution in [0.5, 0.6) is 0 Å². The maximum atomic E-state index is 4.64. The Kier molecular flexibility index (Phi) is 4.22. The summed E-state index contributed by atoms with van der Waals surface area (Å²) in [6, 6.07) is 9.00.